The van der Waals surface area contributed by atoms with Crippen LogP contribution in [0.4, 0.5) is 0 Å². The second kappa shape index (κ2) is 13.2. The molecule has 0 spiro atoms. The lowest BCUT2D eigenvalue weighted by molar-refractivity contribution is 0.0138. The van der Waals surface area contributed by atoms with Crippen molar-refractivity contribution in [2.24, 2.45) is 0 Å². The Hall–Kier alpha value is -1.07. The molecule has 1 aliphatic heterocycles. The average Bonchev–Trinajstić information content (AvgIpc) is 2.66. The SMILES string of the molecule is CCCC(CC)N1CCOCC1.CCCC(CC)c1ncncn1. The number of hydrogen-bond donors (Lipinski definition) is 0. The molecule has 1 aromatic rings. The molecule has 0 saturated carbocycles. The van der Waals surface area contributed by atoms with Crippen LogP contribution in [0.2, 0.25) is 0 Å². The maximum Gasteiger partial charge on any atom is 0.135 e. The van der Waals surface area contributed by atoms with E-state index >= 15 is 0 Å². The molecule has 0 amide bonds. The zero-order valence-corrected chi connectivity index (χ0v) is 16.1. The van der Waals surface area contributed by atoms with Crippen LogP contribution in [-0.4, -0.2) is 52.2 Å². The lowest BCUT2D eigenvalue weighted by Gasteiger charge is -2.33. The van der Waals surface area contributed by atoms with Gasteiger partial charge in [0, 0.05) is 25.0 Å². The monoisotopic (exact) mass is 336 g/mol. The van der Waals surface area contributed by atoms with Gasteiger partial charge in [-0.25, -0.2) is 15.0 Å². The minimum atomic E-state index is 0.512. The van der Waals surface area contributed by atoms with Crippen LogP contribution in [0.5, 0.6) is 0 Å². The number of aromatic nitrogens is 3. The summed E-state index contributed by atoms with van der Waals surface area (Å²) in [5.74, 6) is 1.45. The van der Waals surface area contributed by atoms with Crippen molar-refractivity contribution in [1.82, 2.24) is 19.9 Å². The Morgan fingerprint density at radius 1 is 0.958 bits per heavy atom. The van der Waals surface area contributed by atoms with Crippen LogP contribution in [0, 0.1) is 0 Å². The first-order valence-electron chi connectivity index (χ1n) is 9.70. The molecule has 138 valence electrons. The van der Waals surface area contributed by atoms with Crippen LogP contribution in [0.15, 0.2) is 12.7 Å². The van der Waals surface area contributed by atoms with E-state index in [2.05, 4.69) is 47.5 Å². The van der Waals surface area contributed by atoms with Crippen LogP contribution in [0.3, 0.4) is 0 Å². The largest absolute Gasteiger partial charge is 0.379 e. The number of nitrogens with zero attached hydrogens (tertiary/aromatic N) is 4. The summed E-state index contributed by atoms with van der Waals surface area (Å²) in [7, 11) is 0. The Kier molecular flexibility index (Phi) is 11.6. The highest BCUT2D eigenvalue weighted by Gasteiger charge is 2.17. The van der Waals surface area contributed by atoms with Crippen molar-refractivity contribution in [3.05, 3.63) is 18.5 Å². The summed E-state index contributed by atoms with van der Waals surface area (Å²) < 4.78 is 5.33. The molecule has 2 heterocycles. The minimum absolute atomic E-state index is 0.512. The highest BCUT2D eigenvalue weighted by molar-refractivity contribution is 4.92. The Balaban J connectivity index is 0.000000240. The molecule has 0 radical (unpaired) electrons. The number of hydrogen-bond acceptors (Lipinski definition) is 5. The van der Waals surface area contributed by atoms with Gasteiger partial charge in [-0.05, 0) is 25.7 Å². The fourth-order valence-corrected chi connectivity index (χ4v) is 3.24. The molecule has 0 aromatic carbocycles. The standard InChI is InChI=1S/C10H21NO.C9H15N3/c1-3-5-10(4-2)11-6-8-12-9-7-11;1-3-5-8(4-2)9-11-6-10-7-12-9/h10H,3-9H2,1-2H3;6-8H,3-5H2,1-2H3. The molecule has 1 aromatic heterocycles. The quantitative estimate of drug-likeness (QED) is 0.716. The van der Waals surface area contributed by atoms with Crippen molar-refractivity contribution < 1.29 is 4.74 Å². The van der Waals surface area contributed by atoms with E-state index in [1.807, 2.05) is 0 Å². The van der Waals surface area contributed by atoms with E-state index in [1.54, 1.807) is 12.7 Å². The average molecular weight is 337 g/mol. The molecule has 5 heteroatoms. The fraction of sp³-hybridized carbons (Fsp3) is 0.842. The molecule has 2 rings (SSSR count). The number of ether oxygens (including phenoxy) is 1. The molecular weight excluding hydrogens is 300 g/mol. The number of morpholine rings is 1. The molecule has 24 heavy (non-hydrogen) atoms. The van der Waals surface area contributed by atoms with Gasteiger partial charge in [0.25, 0.3) is 0 Å². The predicted molar refractivity (Wildman–Crippen MR) is 99.1 cm³/mol. The zero-order valence-electron chi connectivity index (χ0n) is 16.1. The van der Waals surface area contributed by atoms with Gasteiger partial charge in [-0.2, -0.15) is 0 Å². The van der Waals surface area contributed by atoms with Crippen molar-refractivity contribution in [3.63, 3.8) is 0 Å². The molecule has 1 aliphatic rings. The molecule has 2 atom stereocenters. The van der Waals surface area contributed by atoms with E-state index in [4.69, 9.17) is 4.74 Å². The van der Waals surface area contributed by atoms with Crippen molar-refractivity contribution in [1.29, 1.82) is 0 Å². The maximum absolute atomic E-state index is 5.33. The van der Waals surface area contributed by atoms with Crippen LogP contribution in [-0.2, 0) is 4.74 Å². The van der Waals surface area contributed by atoms with E-state index in [9.17, 15) is 0 Å². The summed E-state index contributed by atoms with van der Waals surface area (Å²) in [5, 5.41) is 0. The third kappa shape index (κ3) is 7.67. The van der Waals surface area contributed by atoms with E-state index in [0.29, 0.717) is 5.92 Å². The van der Waals surface area contributed by atoms with Gasteiger partial charge in [0.15, 0.2) is 0 Å². The first-order chi connectivity index (χ1) is 11.8. The van der Waals surface area contributed by atoms with Gasteiger partial charge in [0.1, 0.15) is 18.5 Å². The van der Waals surface area contributed by atoms with Gasteiger partial charge >= 0.3 is 0 Å². The van der Waals surface area contributed by atoms with Crippen LogP contribution >= 0.6 is 0 Å². The summed E-state index contributed by atoms with van der Waals surface area (Å²) in [6.07, 6.45) is 10.5. The van der Waals surface area contributed by atoms with Gasteiger partial charge in [-0.1, -0.05) is 40.5 Å². The smallest absolute Gasteiger partial charge is 0.135 e. The Bertz CT molecular complexity index is 393. The molecule has 1 saturated heterocycles. The van der Waals surface area contributed by atoms with Crippen molar-refractivity contribution in [3.8, 4) is 0 Å². The minimum Gasteiger partial charge on any atom is -0.379 e. The summed E-state index contributed by atoms with van der Waals surface area (Å²) >= 11 is 0. The molecular formula is C19H36N4O. The lowest BCUT2D eigenvalue weighted by Crippen LogP contribution is -2.43. The molecule has 1 fully saturated rings. The maximum atomic E-state index is 5.33. The van der Waals surface area contributed by atoms with Crippen LogP contribution in [0.25, 0.3) is 0 Å². The second-order valence-electron chi connectivity index (χ2n) is 6.39. The van der Waals surface area contributed by atoms with Gasteiger partial charge < -0.3 is 4.74 Å². The summed E-state index contributed by atoms with van der Waals surface area (Å²) in [5.41, 5.74) is 0. The fourth-order valence-electron chi connectivity index (χ4n) is 3.24. The van der Waals surface area contributed by atoms with E-state index in [-0.39, 0.29) is 0 Å². The van der Waals surface area contributed by atoms with E-state index in [0.717, 1.165) is 44.6 Å². The Morgan fingerprint density at radius 3 is 2.08 bits per heavy atom. The summed E-state index contributed by atoms with van der Waals surface area (Å²) in [6, 6.07) is 0.805. The third-order valence-electron chi connectivity index (χ3n) is 4.66. The molecule has 2 unspecified atom stereocenters. The number of rotatable bonds is 8. The van der Waals surface area contributed by atoms with Gasteiger partial charge in [-0.3, -0.25) is 4.90 Å². The van der Waals surface area contributed by atoms with Gasteiger partial charge in [0.05, 0.1) is 13.2 Å². The predicted octanol–water partition coefficient (Wildman–Crippen LogP) is 4.06. The summed E-state index contributed by atoms with van der Waals surface area (Å²) in [6.45, 7) is 13.0. The van der Waals surface area contributed by atoms with Crippen LogP contribution in [0.1, 0.15) is 78.0 Å². The highest BCUT2D eigenvalue weighted by Crippen LogP contribution is 2.19. The molecule has 0 bridgehead atoms. The van der Waals surface area contributed by atoms with Gasteiger partial charge in [-0.15, -0.1) is 0 Å². The van der Waals surface area contributed by atoms with Crippen LogP contribution < -0.4 is 0 Å². The Morgan fingerprint density at radius 2 is 1.58 bits per heavy atom. The topological polar surface area (TPSA) is 51.1 Å². The molecule has 5 nitrogen and oxygen atoms in total. The van der Waals surface area contributed by atoms with Crippen molar-refractivity contribution in [2.45, 2.75) is 78.2 Å². The molecule has 0 aliphatic carbocycles. The Labute approximate surface area is 148 Å². The lowest BCUT2D eigenvalue weighted by atomic mass is 10.0. The zero-order chi connectivity index (χ0) is 17.6. The van der Waals surface area contributed by atoms with E-state index < -0.39 is 0 Å². The van der Waals surface area contributed by atoms with Crippen molar-refractivity contribution >= 4 is 0 Å². The molecule has 0 N–H and O–H groups in total. The van der Waals surface area contributed by atoms with Gasteiger partial charge in [0.2, 0.25) is 0 Å². The first-order valence-corrected chi connectivity index (χ1v) is 9.70. The second-order valence-corrected chi connectivity index (χ2v) is 6.39. The third-order valence-corrected chi connectivity index (χ3v) is 4.66. The van der Waals surface area contributed by atoms with E-state index in [1.165, 1.54) is 32.1 Å². The first kappa shape index (κ1) is 21.0. The highest BCUT2D eigenvalue weighted by atomic mass is 16.5. The van der Waals surface area contributed by atoms with Crippen molar-refractivity contribution in [2.75, 3.05) is 26.3 Å². The summed E-state index contributed by atoms with van der Waals surface area (Å²) in [4.78, 5) is 14.7. The normalized spacial score (nSPS) is 17.7.